The van der Waals surface area contributed by atoms with Gasteiger partial charge in [0.2, 0.25) is 0 Å². The predicted octanol–water partition coefficient (Wildman–Crippen LogP) is 5.48. The lowest BCUT2D eigenvalue weighted by Crippen LogP contribution is -2.50. The zero-order valence-electron chi connectivity index (χ0n) is 18.6. The Bertz CT molecular complexity index is 574. The summed E-state index contributed by atoms with van der Waals surface area (Å²) in [7, 11) is 1.76. The summed E-state index contributed by atoms with van der Waals surface area (Å²) in [4.78, 5) is 5.38. The normalized spacial score (nSPS) is 24.2. The molecule has 2 fully saturated rings. The van der Waals surface area contributed by atoms with Gasteiger partial charge in [0.05, 0.1) is 7.11 Å². The molecule has 1 aromatic carbocycles. The van der Waals surface area contributed by atoms with Gasteiger partial charge in [0.1, 0.15) is 5.75 Å². The molecule has 0 spiro atoms. The quantitative estimate of drug-likeness (QED) is 0.681. The SMILES string of the molecule is CCCN1CCN(C2CCCCC2)CC1.COc1cccc2c1CCCC2C. The highest BCUT2D eigenvalue weighted by atomic mass is 16.5. The summed E-state index contributed by atoms with van der Waals surface area (Å²) >= 11 is 0. The highest BCUT2D eigenvalue weighted by Gasteiger charge is 2.24. The molecule has 1 unspecified atom stereocenters. The summed E-state index contributed by atoms with van der Waals surface area (Å²) in [6.45, 7) is 11.2. The van der Waals surface area contributed by atoms with Crippen molar-refractivity contribution >= 4 is 0 Å². The van der Waals surface area contributed by atoms with Crippen molar-refractivity contribution in [3.63, 3.8) is 0 Å². The van der Waals surface area contributed by atoms with Crippen molar-refractivity contribution in [2.75, 3.05) is 39.8 Å². The fraction of sp³-hybridized carbons (Fsp3) is 0.760. The van der Waals surface area contributed by atoms with Gasteiger partial charge in [-0.05, 0) is 68.2 Å². The van der Waals surface area contributed by atoms with Crippen molar-refractivity contribution in [1.82, 2.24) is 9.80 Å². The van der Waals surface area contributed by atoms with Gasteiger partial charge in [-0.15, -0.1) is 0 Å². The fourth-order valence-electron chi connectivity index (χ4n) is 5.36. The van der Waals surface area contributed by atoms with Crippen LogP contribution in [0.5, 0.6) is 5.75 Å². The van der Waals surface area contributed by atoms with Crippen LogP contribution in [0.25, 0.3) is 0 Å². The number of hydrogen-bond acceptors (Lipinski definition) is 3. The molecule has 4 rings (SSSR count). The van der Waals surface area contributed by atoms with Gasteiger partial charge in [-0.1, -0.05) is 45.2 Å². The zero-order valence-corrected chi connectivity index (χ0v) is 18.6. The summed E-state index contributed by atoms with van der Waals surface area (Å²) in [6, 6.07) is 7.33. The first-order valence-corrected chi connectivity index (χ1v) is 11.8. The van der Waals surface area contributed by atoms with Gasteiger partial charge in [-0.25, -0.2) is 0 Å². The zero-order chi connectivity index (χ0) is 19.8. The second kappa shape index (κ2) is 11.2. The summed E-state index contributed by atoms with van der Waals surface area (Å²) in [5, 5.41) is 0. The summed E-state index contributed by atoms with van der Waals surface area (Å²) in [5.41, 5.74) is 2.93. The van der Waals surface area contributed by atoms with E-state index in [-0.39, 0.29) is 0 Å². The smallest absolute Gasteiger partial charge is 0.122 e. The molecule has 28 heavy (non-hydrogen) atoms. The minimum Gasteiger partial charge on any atom is -0.496 e. The number of methoxy groups -OCH3 is 1. The largest absolute Gasteiger partial charge is 0.496 e. The van der Waals surface area contributed by atoms with Crippen LogP contribution in [0.4, 0.5) is 0 Å². The van der Waals surface area contributed by atoms with Gasteiger partial charge in [-0.3, -0.25) is 4.90 Å². The number of rotatable bonds is 4. The van der Waals surface area contributed by atoms with Crippen LogP contribution in [0.2, 0.25) is 0 Å². The van der Waals surface area contributed by atoms with Crippen molar-refractivity contribution in [2.24, 2.45) is 0 Å². The minimum absolute atomic E-state index is 0.707. The van der Waals surface area contributed by atoms with Crippen molar-refractivity contribution < 1.29 is 4.74 Å². The van der Waals surface area contributed by atoms with E-state index >= 15 is 0 Å². The monoisotopic (exact) mass is 386 g/mol. The highest BCUT2D eigenvalue weighted by Crippen LogP contribution is 2.35. The summed E-state index contributed by atoms with van der Waals surface area (Å²) in [6.07, 6.45) is 12.5. The van der Waals surface area contributed by atoms with Gasteiger partial charge < -0.3 is 9.64 Å². The van der Waals surface area contributed by atoms with Gasteiger partial charge in [0.25, 0.3) is 0 Å². The van der Waals surface area contributed by atoms with Crippen molar-refractivity contribution in [2.45, 2.75) is 83.6 Å². The first kappa shape index (κ1) is 21.6. The lowest BCUT2D eigenvalue weighted by atomic mass is 9.83. The Kier molecular flexibility index (Phi) is 8.66. The van der Waals surface area contributed by atoms with Crippen LogP contribution in [0.15, 0.2) is 18.2 Å². The third-order valence-corrected chi connectivity index (χ3v) is 7.02. The lowest BCUT2D eigenvalue weighted by Gasteiger charge is -2.40. The lowest BCUT2D eigenvalue weighted by molar-refractivity contribution is 0.0791. The molecule has 2 aliphatic carbocycles. The highest BCUT2D eigenvalue weighted by molar-refractivity contribution is 5.43. The molecule has 3 aliphatic rings. The third kappa shape index (κ3) is 5.73. The number of piperazine rings is 1. The van der Waals surface area contributed by atoms with Crippen LogP contribution < -0.4 is 4.74 Å². The topological polar surface area (TPSA) is 15.7 Å². The molecule has 3 nitrogen and oxygen atoms in total. The molecule has 1 saturated heterocycles. The van der Waals surface area contributed by atoms with E-state index in [9.17, 15) is 0 Å². The Morgan fingerprint density at radius 2 is 1.71 bits per heavy atom. The van der Waals surface area contributed by atoms with Crippen LogP contribution in [-0.4, -0.2) is 55.7 Å². The summed E-state index contributed by atoms with van der Waals surface area (Å²) < 4.78 is 5.36. The average Bonchev–Trinajstić information content (AvgIpc) is 2.76. The maximum absolute atomic E-state index is 5.36. The minimum atomic E-state index is 0.707. The van der Waals surface area contributed by atoms with Crippen LogP contribution >= 0.6 is 0 Å². The van der Waals surface area contributed by atoms with Crippen LogP contribution in [0.3, 0.4) is 0 Å². The molecule has 0 N–H and O–H groups in total. The van der Waals surface area contributed by atoms with Crippen LogP contribution in [0.1, 0.15) is 82.3 Å². The molecule has 0 amide bonds. The average molecular weight is 387 g/mol. The molecule has 158 valence electrons. The second-order valence-corrected chi connectivity index (χ2v) is 8.99. The van der Waals surface area contributed by atoms with E-state index in [1.165, 1.54) is 102 Å². The summed E-state index contributed by atoms with van der Waals surface area (Å²) in [5.74, 6) is 1.78. The van der Waals surface area contributed by atoms with Gasteiger partial charge in [-0.2, -0.15) is 0 Å². The Hall–Kier alpha value is -1.06. The molecule has 0 aromatic heterocycles. The predicted molar refractivity (Wildman–Crippen MR) is 120 cm³/mol. The molecule has 1 atom stereocenters. The molecule has 1 aromatic rings. The maximum atomic E-state index is 5.36. The third-order valence-electron chi connectivity index (χ3n) is 7.02. The number of nitrogens with zero attached hydrogens (tertiary/aromatic N) is 2. The first-order valence-electron chi connectivity index (χ1n) is 11.8. The van der Waals surface area contributed by atoms with E-state index in [1.807, 2.05) is 0 Å². The molecule has 1 heterocycles. The van der Waals surface area contributed by atoms with E-state index in [0.29, 0.717) is 5.92 Å². The molecular formula is C25H42N2O. The Balaban J connectivity index is 0.000000162. The molecule has 1 aliphatic heterocycles. The Morgan fingerprint density at radius 3 is 2.39 bits per heavy atom. The second-order valence-electron chi connectivity index (χ2n) is 8.99. The van der Waals surface area contributed by atoms with E-state index in [1.54, 1.807) is 7.11 Å². The number of benzene rings is 1. The van der Waals surface area contributed by atoms with Gasteiger partial charge >= 0.3 is 0 Å². The number of hydrogen-bond donors (Lipinski definition) is 0. The standard InChI is InChI=1S/C13H26N2.C12H16O/c1-2-8-14-9-11-15(12-10-14)13-6-4-3-5-7-13;1-9-5-3-7-11-10(9)6-4-8-12(11)13-2/h13H,2-12H2,1H3;4,6,8-9H,3,5,7H2,1-2H3. The molecule has 0 bridgehead atoms. The molecule has 3 heteroatoms. The van der Waals surface area contributed by atoms with Crippen LogP contribution in [-0.2, 0) is 6.42 Å². The van der Waals surface area contributed by atoms with Crippen molar-refractivity contribution in [3.8, 4) is 5.75 Å². The van der Waals surface area contributed by atoms with Gasteiger partial charge in [0.15, 0.2) is 0 Å². The van der Waals surface area contributed by atoms with Crippen LogP contribution in [0, 0.1) is 0 Å². The molecule has 0 radical (unpaired) electrons. The van der Waals surface area contributed by atoms with Crippen molar-refractivity contribution in [3.05, 3.63) is 29.3 Å². The number of ether oxygens (including phenoxy) is 1. The van der Waals surface area contributed by atoms with Crippen molar-refractivity contribution in [1.29, 1.82) is 0 Å². The Morgan fingerprint density at radius 1 is 0.964 bits per heavy atom. The molecule has 1 saturated carbocycles. The van der Waals surface area contributed by atoms with E-state index in [0.717, 1.165) is 11.8 Å². The van der Waals surface area contributed by atoms with E-state index < -0.39 is 0 Å². The maximum Gasteiger partial charge on any atom is 0.122 e. The first-order chi connectivity index (χ1) is 13.7. The number of fused-ring (bicyclic) bond motifs is 1. The molecular weight excluding hydrogens is 344 g/mol. The van der Waals surface area contributed by atoms with E-state index in [4.69, 9.17) is 4.74 Å². The van der Waals surface area contributed by atoms with Gasteiger partial charge in [0, 0.05) is 32.2 Å². The Labute approximate surface area is 173 Å². The van der Waals surface area contributed by atoms with E-state index in [2.05, 4.69) is 41.8 Å². The fourth-order valence-corrected chi connectivity index (χ4v) is 5.36.